The second-order valence-corrected chi connectivity index (χ2v) is 10.3. The van der Waals surface area contributed by atoms with Gasteiger partial charge < -0.3 is 0 Å². The summed E-state index contributed by atoms with van der Waals surface area (Å²) in [7, 11) is -7.38. The molecule has 0 unspecified atom stereocenters. The van der Waals surface area contributed by atoms with E-state index < -0.39 is 25.7 Å². The minimum Gasteiger partial charge on any atom is -0.280 e. The molecule has 1 heterocycles. The van der Waals surface area contributed by atoms with Crippen LogP contribution < -0.4 is 4.72 Å². The third-order valence-corrected chi connectivity index (χ3v) is 7.96. The maximum Gasteiger partial charge on any atom is 0.261 e. The van der Waals surface area contributed by atoms with E-state index in [1.807, 2.05) is 0 Å². The molecule has 0 fully saturated rings. The van der Waals surface area contributed by atoms with Gasteiger partial charge in [-0.15, -0.1) is 11.3 Å². The highest BCUT2D eigenvalue weighted by Gasteiger charge is 2.19. The van der Waals surface area contributed by atoms with Crippen LogP contribution in [0.5, 0.6) is 0 Å². The van der Waals surface area contributed by atoms with Crippen molar-refractivity contribution < 1.29 is 21.2 Å². The van der Waals surface area contributed by atoms with E-state index in [4.69, 9.17) is 0 Å². The molecular formula is C15H13FN2O4S3. The first-order valence-corrected chi connectivity index (χ1v) is 11.1. The van der Waals surface area contributed by atoms with Gasteiger partial charge in [-0.2, -0.15) is 0 Å². The van der Waals surface area contributed by atoms with Crippen molar-refractivity contribution in [3.63, 3.8) is 0 Å². The maximum absolute atomic E-state index is 13.2. The van der Waals surface area contributed by atoms with Gasteiger partial charge in [-0.3, -0.25) is 4.72 Å². The van der Waals surface area contributed by atoms with Gasteiger partial charge in [0, 0.05) is 0 Å². The molecule has 0 bridgehead atoms. The SMILES string of the molecule is CCS(=O)(=O)c1nc2ccc(NS(=O)(=O)c3cccc(F)c3)cc2s1. The van der Waals surface area contributed by atoms with Gasteiger partial charge in [-0.05, 0) is 36.4 Å². The van der Waals surface area contributed by atoms with Crippen LogP contribution in [0.3, 0.4) is 0 Å². The molecular weight excluding hydrogens is 387 g/mol. The van der Waals surface area contributed by atoms with Gasteiger partial charge in [0.25, 0.3) is 10.0 Å². The quantitative estimate of drug-likeness (QED) is 0.711. The summed E-state index contributed by atoms with van der Waals surface area (Å²) in [6.07, 6.45) is 0. The third-order valence-electron chi connectivity index (χ3n) is 3.37. The number of fused-ring (bicyclic) bond motifs is 1. The second-order valence-electron chi connectivity index (χ2n) is 5.13. The van der Waals surface area contributed by atoms with Crippen molar-refractivity contribution in [1.82, 2.24) is 4.98 Å². The Morgan fingerprint density at radius 3 is 2.56 bits per heavy atom. The fourth-order valence-electron chi connectivity index (χ4n) is 2.07. The van der Waals surface area contributed by atoms with Gasteiger partial charge in [0.15, 0.2) is 0 Å². The van der Waals surface area contributed by atoms with Crippen molar-refractivity contribution in [2.45, 2.75) is 16.2 Å². The van der Waals surface area contributed by atoms with E-state index in [-0.39, 0.29) is 20.7 Å². The molecule has 0 aliphatic heterocycles. The van der Waals surface area contributed by atoms with Crippen molar-refractivity contribution in [2.24, 2.45) is 0 Å². The highest BCUT2D eigenvalue weighted by atomic mass is 32.2. The molecule has 0 saturated heterocycles. The molecule has 0 atom stereocenters. The monoisotopic (exact) mass is 400 g/mol. The number of benzene rings is 2. The van der Waals surface area contributed by atoms with E-state index >= 15 is 0 Å². The lowest BCUT2D eigenvalue weighted by Crippen LogP contribution is -2.12. The predicted octanol–water partition coefficient (Wildman–Crippen LogP) is 3.03. The molecule has 132 valence electrons. The molecule has 10 heteroatoms. The lowest BCUT2D eigenvalue weighted by molar-refractivity contribution is 0.594. The van der Waals surface area contributed by atoms with E-state index in [2.05, 4.69) is 9.71 Å². The Balaban J connectivity index is 1.97. The van der Waals surface area contributed by atoms with Crippen LogP contribution in [0.15, 0.2) is 51.7 Å². The summed E-state index contributed by atoms with van der Waals surface area (Å²) < 4.78 is 64.6. The normalized spacial score (nSPS) is 12.4. The van der Waals surface area contributed by atoms with Crippen molar-refractivity contribution >= 4 is 47.1 Å². The standard InChI is InChI=1S/C15H13FN2O4S3/c1-2-24(19,20)15-17-13-7-6-11(9-14(13)23-15)18-25(21,22)12-5-3-4-10(16)8-12/h3-9,18H,2H2,1H3. The number of sulfonamides is 1. The topological polar surface area (TPSA) is 93.2 Å². The molecule has 0 amide bonds. The molecule has 3 aromatic rings. The molecule has 0 aliphatic carbocycles. The Kier molecular flexibility index (Phi) is 4.52. The summed E-state index contributed by atoms with van der Waals surface area (Å²) in [5.74, 6) is -0.721. The lowest BCUT2D eigenvalue weighted by atomic mass is 10.3. The van der Waals surface area contributed by atoms with E-state index in [1.165, 1.54) is 37.3 Å². The number of hydrogen-bond donors (Lipinski definition) is 1. The highest BCUT2D eigenvalue weighted by Crippen LogP contribution is 2.29. The number of nitrogens with one attached hydrogen (secondary N) is 1. The van der Waals surface area contributed by atoms with Gasteiger partial charge in [0.05, 0.1) is 26.6 Å². The molecule has 0 saturated carbocycles. The number of anilines is 1. The molecule has 3 rings (SSSR count). The zero-order valence-electron chi connectivity index (χ0n) is 12.9. The van der Waals surface area contributed by atoms with E-state index in [0.717, 1.165) is 23.5 Å². The van der Waals surface area contributed by atoms with E-state index in [9.17, 15) is 21.2 Å². The first-order chi connectivity index (χ1) is 11.7. The summed E-state index contributed by atoms with van der Waals surface area (Å²) in [6, 6.07) is 9.15. The summed E-state index contributed by atoms with van der Waals surface area (Å²) in [5.41, 5.74) is 0.701. The number of hydrogen-bond acceptors (Lipinski definition) is 6. The van der Waals surface area contributed by atoms with Crippen molar-refractivity contribution in [2.75, 3.05) is 10.5 Å². The summed E-state index contributed by atoms with van der Waals surface area (Å²) >= 11 is 0.973. The van der Waals surface area contributed by atoms with E-state index in [1.54, 1.807) is 0 Å². The number of aromatic nitrogens is 1. The van der Waals surface area contributed by atoms with E-state index in [0.29, 0.717) is 10.2 Å². The number of halogens is 1. The predicted molar refractivity (Wildman–Crippen MR) is 94.6 cm³/mol. The molecule has 25 heavy (non-hydrogen) atoms. The number of sulfone groups is 1. The Bertz CT molecular complexity index is 1150. The molecule has 0 spiro atoms. The van der Waals surface area contributed by atoms with Gasteiger partial charge in [0.2, 0.25) is 14.2 Å². The molecule has 1 N–H and O–H groups in total. The highest BCUT2D eigenvalue weighted by molar-refractivity contribution is 7.93. The van der Waals surface area contributed by atoms with Crippen LogP contribution in [0.4, 0.5) is 10.1 Å². The van der Waals surface area contributed by atoms with Gasteiger partial charge in [0.1, 0.15) is 5.82 Å². The summed E-state index contributed by atoms with van der Waals surface area (Å²) in [4.78, 5) is 3.86. The van der Waals surface area contributed by atoms with Crippen molar-refractivity contribution in [3.8, 4) is 0 Å². The number of rotatable bonds is 5. The minimum atomic E-state index is -3.95. The zero-order chi connectivity index (χ0) is 18.2. The fourth-order valence-corrected chi connectivity index (χ4v) is 5.50. The smallest absolute Gasteiger partial charge is 0.261 e. The average molecular weight is 400 g/mol. The molecule has 0 radical (unpaired) electrons. The third kappa shape index (κ3) is 3.65. The Morgan fingerprint density at radius 1 is 1.12 bits per heavy atom. The van der Waals surface area contributed by atoms with Gasteiger partial charge in [-0.1, -0.05) is 13.0 Å². The van der Waals surface area contributed by atoms with Gasteiger partial charge in [-0.25, -0.2) is 26.2 Å². The maximum atomic E-state index is 13.2. The molecule has 0 aliphatic rings. The van der Waals surface area contributed by atoms with Crippen LogP contribution in [-0.2, 0) is 19.9 Å². The van der Waals surface area contributed by atoms with Crippen molar-refractivity contribution in [3.05, 3.63) is 48.3 Å². The lowest BCUT2D eigenvalue weighted by Gasteiger charge is -2.08. The van der Waals surface area contributed by atoms with Crippen LogP contribution in [0, 0.1) is 5.82 Å². The van der Waals surface area contributed by atoms with Crippen LogP contribution in [0.1, 0.15) is 6.92 Å². The molecule has 6 nitrogen and oxygen atoms in total. The Hall–Kier alpha value is -2.04. The average Bonchev–Trinajstić information content (AvgIpc) is 2.98. The summed E-state index contributed by atoms with van der Waals surface area (Å²) in [5, 5.41) is 0. The summed E-state index contributed by atoms with van der Waals surface area (Å²) in [6.45, 7) is 1.53. The first-order valence-electron chi connectivity index (χ1n) is 7.13. The fraction of sp³-hybridized carbons (Fsp3) is 0.133. The Labute approximate surface area is 148 Å². The number of thiazole rings is 1. The van der Waals surface area contributed by atoms with Crippen LogP contribution >= 0.6 is 11.3 Å². The molecule has 1 aromatic heterocycles. The Morgan fingerprint density at radius 2 is 1.88 bits per heavy atom. The van der Waals surface area contributed by atoms with Crippen LogP contribution in [0.25, 0.3) is 10.2 Å². The van der Waals surface area contributed by atoms with Crippen molar-refractivity contribution in [1.29, 1.82) is 0 Å². The first kappa shape index (κ1) is 17.8. The van der Waals surface area contributed by atoms with Crippen LogP contribution in [-0.4, -0.2) is 27.6 Å². The van der Waals surface area contributed by atoms with Crippen LogP contribution in [0.2, 0.25) is 0 Å². The number of nitrogens with zero attached hydrogens (tertiary/aromatic N) is 1. The largest absolute Gasteiger partial charge is 0.280 e. The zero-order valence-corrected chi connectivity index (χ0v) is 15.4. The van der Waals surface area contributed by atoms with Gasteiger partial charge >= 0.3 is 0 Å². The second kappa shape index (κ2) is 6.36. The minimum absolute atomic E-state index is 0.00450. The molecule has 2 aromatic carbocycles.